The number of hydrogen-bond donors (Lipinski definition) is 4. The molecule has 18 heavy (non-hydrogen) atoms. The summed E-state index contributed by atoms with van der Waals surface area (Å²) in [5.41, 5.74) is 11.3. The van der Waals surface area contributed by atoms with Crippen molar-refractivity contribution >= 4 is 17.2 Å². The second-order valence-electron chi connectivity index (χ2n) is 3.81. The monoisotopic (exact) mass is 244 g/mol. The zero-order valence-electron chi connectivity index (χ0n) is 9.42. The van der Waals surface area contributed by atoms with Crippen molar-refractivity contribution in [3.8, 4) is 11.5 Å². The van der Waals surface area contributed by atoms with Crippen LogP contribution in [0, 0.1) is 0 Å². The minimum Gasteiger partial charge on any atom is -0.507 e. The van der Waals surface area contributed by atoms with Gasteiger partial charge in [0.25, 0.3) is 0 Å². The minimum absolute atomic E-state index is 0.00296. The largest absolute Gasteiger partial charge is 0.507 e. The van der Waals surface area contributed by atoms with E-state index in [1.165, 1.54) is 24.3 Å². The van der Waals surface area contributed by atoms with E-state index in [1.807, 2.05) is 0 Å². The van der Waals surface area contributed by atoms with Gasteiger partial charge in [0.15, 0.2) is 5.75 Å². The number of anilines is 2. The molecule has 0 aliphatic rings. The molecule has 0 heterocycles. The van der Waals surface area contributed by atoms with Crippen LogP contribution in [0.3, 0.4) is 0 Å². The van der Waals surface area contributed by atoms with E-state index in [0.717, 1.165) is 0 Å². The first kappa shape index (κ1) is 11.8. The van der Waals surface area contributed by atoms with Crippen molar-refractivity contribution in [1.82, 2.24) is 0 Å². The van der Waals surface area contributed by atoms with Crippen molar-refractivity contribution in [3.05, 3.63) is 47.5 Å². The fourth-order valence-corrected chi connectivity index (χ4v) is 1.62. The van der Waals surface area contributed by atoms with Crippen molar-refractivity contribution in [2.45, 2.75) is 0 Å². The lowest BCUT2D eigenvalue weighted by Gasteiger charge is -2.09. The number of ketones is 1. The van der Waals surface area contributed by atoms with Crippen LogP contribution in [0.5, 0.6) is 11.5 Å². The number of benzene rings is 2. The Morgan fingerprint density at radius 2 is 1.61 bits per heavy atom. The van der Waals surface area contributed by atoms with Crippen LogP contribution in [0.2, 0.25) is 0 Å². The van der Waals surface area contributed by atoms with Crippen LogP contribution in [0.15, 0.2) is 36.4 Å². The zero-order chi connectivity index (χ0) is 13.3. The summed E-state index contributed by atoms with van der Waals surface area (Å²) >= 11 is 0. The van der Waals surface area contributed by atoms with E-state index in [9.17, 15) is 15.0 Å². The fourth-order valence-electron chi connectivity index (χ4n) is 1.62. The lowest BCUT2D eigenvalue weighted by molar-refractivity contribution is 0.103. The predicted octanol–water partition coefficient (Wildman–Crippen LogP) is 1.49. The maximum Gasteiger partial charge on any atom is 0.200 e. The molecule has 2 rings (SSSR count). The van der Waals surface area contributed by atoms with Gasteiger partial charge in [-0.1, -0.05) is 12.1 Å². The Kier molecular flexibility index (Phi) is 2.81. The third kappa shape index (κ3) is 1.82. The van der Waals surface area contributed by atoms with Gasteiger partial charge in [0.05, 0.1) is 22.5 Å². The molecule has 0 aliphatic heterocycles. The number of carbonyl (C=O) groups excluding carboxylic acids is 1. The van der Waals surface area contributed by atoms with Crippen molar-refractivity contribution in [2.24, 2.45) is 0 Å². The summed E-state index contributed by atoms with van der Waals surface area (Å²) < 4.78 is 0. The van der Waals surface area contributed by atoms with E-state index in [1.54, 1.807) is 12.1 Å². The van der Waals surface area contributed by atoms with Crippen LogP contribution in [0.1, 0.15) is 15.9 Å². The highest BCUT2D eigenvalue weighted by Gasteiger charge is 2.18. The number of phenolic OH excluding ortho intramolecular Hbond substituents is 2. The quantitative estimate of drug-likeness (QED) is 0.363. The zero-order valence-corrected chi connectivity index (χ0v) is 9.42. The predicted molar refractivity (Wildman–Crippen MR) is 68.5 cm³/mol. The summed E-state index contributed by atoms with van der Waals surface area (Å²) in [5, 5.41) is 19.4. The van der Waals surface area contributed by atoms with Crippen molar-refractivity contribution < 1.29 is 15.0 Å². The van der Waals surface area contributed by atoms with Gasteiger partial charge in [0.2, 0.25) is 5.78 Å². The Bertz CT molecular complexity index is 624. The Morgan fingerprint density at radius 3 is 2.28 bits per heavy atom. The van der Waals surface area contributed by atoms with E-state index >= 15 is 0 Å². The molecule has 92 valence electrons. The summed E-state index contributed by atoms with van der Waals surface area (Å²) in [7, 11) is 0. The van der Waals surface area contributed by atoms with Crippen LogP contribution in [-0.4, -0.2) is 16.0 Å². The van der Waals surface area contributed by atoms with Crippen molar-refractivity contribution in [2.75, 3.05) is 11.5 Å². The maximum absolute atomic E-state index is 12.1. The summed E-state index contributed by atoms with van der Waals surface area (Å²) in [6.07, 6.45) is 0. The van der Waals surface area contributed by atoms with Gasteiger partial charge in [-0.15, -0.1) is 0 Å². The van der Waals surface area contributed by atoms with E-state index in [-0.39, 0.29) is 34.0 Å². The first-order valence-corrected chi connectivity index (χ1v) is 5.22. The molecule has 5 heteroatoms. The molecule has 0 unspecified atom stereocenters. The van der Waals surface area contributed by atoms with Gasteiger partial charge in [-0.2, -0.15) is 0 Å². The van der Waals surface area contributed by atoms with Gasteiger partial charge in [0.1, 0.15) is 5.75 Å². The molecular weight excluding hydrogens is 232 g/mol. The Balaban J connectivity index is 2.54. The van der Waals surface area contributed by atoms with Gasteiger partial charge < -0.3 is 21.7 Å². The molecule has 5 nitrogen and oxygen atoms in total. The summed E-state index contributed by atoms with van der Waals surface area (Å²) in [6, 6.07) is 8.88. The average molecular weight is 244 g/mol. The molecule has 0 saturated carbocycles. The fraction of sp³-hybridized carbons (Fsp3) is 0. The van der Waals surface area contributed by atoms with E-state index in [2.05, 4.69) is 0 Å². The third-order valence-electron chi connectivity index (χ3n) is 2.64. The molecule has 0 aromatic heterocycles. The van der Waals surface area contributed by atoms with E-state index < -0.39 is 5.78 Å². The van der Waals surface area contributed by atoms with Gasteiger partial charge in [-0.25, -0.2) is 0 Å². The summed E-state index contributed by atoms with van der Waals surface area (Å²) in [6.45, 7) is 0. The summed E-state index contributed by atoms with van der Waals surface area (Å²) in [5.74, 6) is -1.04. The highest BCUT2D eigenvalue weighted by molar-refractivity contribution is 6.13. The minimum atomic E-state index is -0.516. The molecule has 0 radical (unpaired) electrons. The topological polar surface area (TPSA) is 110 Å². The Labute approximate surface area is 103 Å². The second-order valence-corrected chi connectivity index (χ2v) is 3.81. The molecule has 0 bridgehead atoms. The first-order chi connectivity index (χ1) is 8.52. The smallest absolute Gasteiger partial charge is 0.200 e. The van der Waals surface area contributed by atoms with E-state index in [0.29, 0.717) is 0 Å². The molecule has 0 atom stereocenters. The first-order valence-electron chi connectivity index (χ1n) is 5.22. The van der Waals surface area contributed by atoms with Crippen LogP contribution >= 0.6 is 0 Å². The number of hydrogen-bond acceptors (Lipinski definition) is 5. The number of carbonyl (C=O) groups is 1. The standard InChI is InChI=1S/C13H12N2O3/c14-9-6-5-8(13(18)11(9)15)12(17)7-3-1-2-4-10(7)16/h1-6,16,18H,14-15H2. The second kappa shape index (κ2) is 4.29. The lowest BCUT2D eigenvalue weighted by Crippen LogP contribution is -2.05. The maximum atomic E-state index is 12.1. The third-order valence-corrected chi connectivity index (χ3v) is 2.64. The average Bonchev–Trinajstić information content (AvgIpc) is 2.36. The van der Waals surface area contributed by atoms with Gasteiger partial charge in [-0.05, 0) is 24.3 Å². The molecule has 2 aromatic carbocycles. The number of para-hydroxylation sites is 1. The molecule has 0 fully saturated rings. The number of aromatic hydroxyl groups is 2. The van der Waals surface area contributed by atoms with Crippen molar-refractivity contribution in [1.29, 1.82) is 0 Å². The SMILES string of the molecule is Nc1ccc(C(=O)c2ccccc2O)c(O)c1N. The van der Waals surface area contributed by atoms with E-state index in [4.69, 9.17) is 11.5 Å². The molecule has 2 aromatic rings. The van der Waals surface area contributed by atoms with Crippen LogP contribution in [0.4, 0.5) is 11.4 Å². The number of rotatable bonds is 2. The lowest BCUT2D eigenvalue weighted by atomic mass is 10.0. The normalized spacial score (nSPS) is 10.2. The molecule has 0 spiro atoms. The molecule has 0 saturated heterocycles. The van der Waals surface area contributed by atoms with Gasteiger partial charge >= 0.3 is 0 Å². The Morgan fingerprint density at radius 1 is 0.944 bits per heavy atom. The molecule has 0 aliphatic carbocycles. The van der Waals surface area contributed by atoms with Crippen LogP contribution in [0.25, 0.3) is 0 Å². The van der Waals surface area contributed by atoms with Crippen molar-refractivity contribution in [3.63, 3.8) is 0 Å². The summed E-state index contributed by atoms with van der Waals surface area (Å²) in [4.78, 5) is 12.1. The van der Waals surface area contributed by atoms with Gasteiger partial charge in [0, 0.05) is 0 Å². The molecule has 6 N–H and O–H groups in total. The Hall–Kier alpha value is -2.69. The molecular formula is C13H12N2O3. The highest BCUT2D eigenvalue weighted by atomic mass is 16.3. The number of phenols is 2. The molecule has 0 amide bonds. The number of nitrogen functional groups attached to an aromatic ring is 2. The number of nitrogens with two attached hydrogens (primary N) is 2. The van der Waals surface area contributed by atoms with Gasteiger partial charge in [-0.3, -0.25) is 4.79 Å². The van der Waals surface area contributed by atoms with Crippen LogP contribution < -0.4 is 11.5 Å². The highest BCUT2D eigenvalue weighted by Crippen LogP contribution is 2.33. The van der Waals surface area contributed by atoms with Crippen LogP contribution in [-0.2, 0) is 0 Å².